The molecular weight excluding hydrogens is 303 g/mol. The SMILES string of the molecule is CO[C@H]1C[C@@H](C(N)=O)N(c2noc(Cc3ccc(F)cc3)n2)C1. The maximum absolute atomic E-state index is 12.9. The number of carbonyl (C=O) groups excluding carboxylic acids is 1. The van der Waals surface area contributed by atoms with E-state index in [1.165, 1.54) is 12.1 Å². The second kappa shape index (κ2) is 6.33. The summed E-state index contributed by atoms with van der Waals surface area (Å²) >= 11 is 0. The van der Waals surface area contributed by atoms with Crippen LogP contribution >= 0.6 is 0 Å². The van der Waals surface area contributed by atoms with Crippen LogP contribution in [0.3, 0.4) is 0 Å². The monoisotopic (exact) mass is 320 g/mol. The molecule has 1 aromatic heterocycles. The molecule has 23 heavy (non-hydrogen) atoms. The van der Waals surface area contributed by atoms with Crippen LogP contribution < -0.4 is 10.6 Å². The van der Waals surface area contributed by atoms with E-state index < -0.39 is 11.9 Å². The number of methoxy groups -OCH3 is 1. The lowest BCUT2D eigenvalue weighted by atomic mass is 10.1. The zero-order chi connectivity index (χ0) is 16.4. The molecule has 0 spiro atoms. The first-order valence-corrected chi connectivity index (χ1v) is 7.22. The summed E-state index contributed by atoms with van der Waals surface area (Å²) in [6.07, 6.45) is 0.774. The third-order valence-electron chi connectivity index (χ3n) is 3.91. The summed E-state index contributed by atoms with van der Waals surface area (Å²) in [5.41, 5.74) is 6.28. The van der Waals surface area contributed by atoms with Crippen LogP contribution in [0.25, 0.3) is 0 Å². The Bertz CT molecular complexity index is 688. The molecule has 1 fully saturated rings. The molecule has 122 valence electrons. The van der Waals surface area contributed by atoms with Crippen LogP contribution in [0.5, 0.6) is 0 Å². The quantitative estimate of drug-likeness (QED) is 0.879. The molecule has 1 saturated heterocycles. The van der Waals surface area contributed by atoms with Crippen molar-refractivity contribution in [1.29, 1.82) is 0 Å². The van der Waals surface area contributed by atoms with Crippen LogP contribution in [0.1, 0.15) is 17.9 Å². The van der Waals surface area contributed by atoms with E-state index >= 15 is 0 Å². The lowest BCUT2D eigenvalue weighted by Crippen LogP contribution is -2.40. The van der Waals surface area contributed by atoms with Gasteiger partial charge in [-0.2, -0.15) is 4.98 Å². The number of aromatic nitrogens is 2. The van der Waals surface area contributed by atoms with Gasteiger partial charge in [0.2, 0.25) is 11.8 Å². The topological polar surface area (TPSA) is 94.5 Å². The predicted octanol–water partition coefficient (Wildman–Crippen LogP) is 0.878. The van der Waals surface area contributed by atoms with Gasteiger partial charge in [-0.25, -0.2) is 4.39 Å². The van der Waals surface area contributed by atoms with Crippen LogP contribution in [-0.2, 0) is 16.0 Å². The normalized spacial score (nSPS) is 20.9. The number of nitrogens with zero attached hydrogens (tertiary/aromatic N) is 3. The summed E-state index contributed by atoms with van der Waals surface area (Å²) in [6, 6.07) is 5.54. The number of carbonyl (C=O) groups is 1. The fraction of sp³-hybridized carbons (Fsp3) is 0.400. The smallest absolute Gasteiger partial charge is 0.266 e. The maximum Gasteiger partial charge on any atom is 0.266 e. The zero-order valence-corrected chi connectivity index (χ0v) is 12.6. The Labute approximate surface area is 132 Å². The highest BCUT2D eigenvalue weighted by Gasteiger charge is 2.38. The number of primary amides is 1. The third kappa shape index (κ3) is 3.31. The Morgan fingerprint density at radius 2 is 2.22 bits per heavy atom. The molecule has 2 N–H and O–H groups in total. The number of hydrogen-bond donors (Lipinski definition) is 1. The first-order valence-electron chi connectivity index (χ1n) is 7.22. The van der Waals surface area contributed by atoms with Crippen molar-refractivity contribution in [3.63, 3.8) is 0 Å². The van der Waals surface area contributed by atoms with Crippen molar-refractivity contribution >= 4 is 11.9 Å². The maximum atomic E-state index is 12.9. The highest BCUT2D eigenvalue weighted by atomic mass is 19.1. The van der Waals surface area contributed by atoms with E-state index in [9.17, 15) is 9.18 Å². The van der Waals surface area contributed by atoms with Gasteiger partial charge in [-0.15, -0.1) is 0 Å². The molecule has 1 aliphatic heterocycles. The number of halogens is 1. The first-order chi connectivity index (χ1) is 11.1. The van der Waals surface area contributed by atoms with Crippen molar-refractivity contribution in [3.8, 4) is 0 Å². The standard InChI is InChI=1S/C15H17FN4O3/c1-22-11-7-12(14(17)21)20(8-11)15-18-13(23-19-15)6-9-2-4-10(16)5-3-9/h2-5,11-12H,6-8H2,1H3,(H2,17,21)/t11-,12-/m0/s1. The van der Waals surface area contributed by atoms with Crippen molar-refractivity contribution in [2.45, 2.75) is 25.0 Å². The molecule has 1 aromatic carbocycles. The van der Waals surface area contributed by atoms with E-state index in [-0.39, 0.29) is 11.9 Å². The summed E-state index contributed by atoms with van der Waals surface area (Å²) in [7, 11) is 1.59. The lowest BCUT2D eigenvalue weighted by Gasteiger charge is -2.18. The second-order valence-electron chi connectivity index (χ2n) is 5.46. The van der Waals surface area contributed by atoms with Crippen LogP contribution in [-0.4, -0.2) is 41.8 Å². The predicted molar refractivity (Wildman–Crippen MR) is 79.2 cm³/mol. The van der Waals surface area contributed by atoms with E-state index in [1.54, 1.807) is 24.1 Å². The highest BCUT2D eigenvalue weighted by Crippen LogP contribution is 2.25. The molecule has 3 rings (SSSR count). The molecule has 8 heteroatoms. The van der Waals surface area contributed by atoms with E-state index in [1.807, 2.05) is 0 Å². The second-order valence-corrected chi connectivity index (χ2v) is 5.46. The Morgan fingerprint density at radius 3 is 2.87 bits per heavy atom. The van der Waals surface area contributed by atoms with Crippen LogP contribution in [0.2, 0.25) is 0 Å². The first kappa shape index (κ1) is 15.4. The van der Waals surface area contributed by atoms with E-state index in [0.717, 1.165) is 5.56 Å². The van der Waals surface area contributed by atoms with Gasteiger partial charge in [-0.3, -0.25) is 4.79 Å². The van der Waals surface area contributed by atoms with Gasteiger partial charge < -0.3 is 19.9 Å². The Morgan fingerprint density at radius 1 is 1.48 bits per heavy atom. The summed E-state index contributed by atoms with van der Waals surface area (Å²) in [6.45, 7) is 0.472. The third-order valence-corrected chi connectivity index (χ3v) is 3.91. The summed E-state index contributed by atoms with van der Waals surface area (Å²) < 4.78 is 23.4. The van der Waals surface area contributed by atoms with Crippen molar-refractivity contribution in [1.82, 2.24) is 10.1 Å². The molecule has 2 aromatic rings. The van der Waals surface area contributed by atoms with Gasteiger partial charge in [0.05, 0.1) is 12.5 Å². The molecule has 2 heterocycles. The van der Waals surface area contributed by atoms with Crippen molar-refractivity contribution in [2.75, 3.05) is 18.6 Å². The molecule has 1 amide bonds. The van der Waals surface area contributed by atoms with Crippen molar-refractivity contribution in [2.24, 2.45) is 5.73 Å². The number of benzene rings is 1. The highest BCUT2D eigenvalue weighted by molar-refractivity contribution is 5.83. The van der Waals surface area contributed by atoms with E-state index in [0.29, 0.717) is 31.2 Å². The Hall–Kier alpha value is -2.48. The van der Waals surface area contributed by atoms with Crippen molar-refractivity contribution < 1.29 is 18.4 Å². The molecule has 0 radical (unpaired) electrons. The molecular formula is C15H17FN4O3. The molecule has 0 unspecified atom stereocenters. The minimum absolute atomic E-state index is 0.105. The number of ether oxygens (including phenoxy) is 1. The van der Waals surface area contributed by atoms with E-state index in [4.69, 9.17) is 15.0 Å². The average molecular weight is 320 g/mol. The number of rotatable bonds is 5. The van der Waals surface area contributed by atoms with Crippen molar-refractivity contribution in [3.05, 3.63) is 41.5 Å². The van der Waals surface area contributed by atoms with Gasteiger partial charge >= 0.3 is 0 Å². The summed E-state index contributed by atoms with van der Waals surface area (Å²) in [4.78, 5) is 17.6. The van der Waals surface area contributed by atoms with Crippen LogP contribution in [0, 0.1) is 5.82 Å². The Balaban J connectivity index is 1.75. The molecule has 1 aliphatic rings. The van der Waals surface area contributed by atoms with Gasteiger partial charge in [0, 0.05) is 20.1 Å². The average Bonchev–Trinajstić information content (AvgIpc) is 3.16. The van der Waals surface area contributed by atoms with Gasteiger partial charge in [-0.1, -0.05) is 12.1 Å². The van der Waals surface area contributed by atoms with Gasteiger partial charge in [-0.05, 0) is 22.9 Å². The fourth-order valence-electron chi connectivity index (χ4n) is 2.67. The molecule has 0 saturated carbocycles. The van der Waals surface area contributed by atoms with E-state index in [2.05, 4.69) is 10.1 Å². The van der Waals surface area contributed by atoms with Gasteiger partial charge in [0.25, 0.3) is 5.95 Å². The Kier molecular flexibility index (Phi) is 4.24. The van der Waals surface area contributed by atoms with Crippen LogP contribution in [0.15, 0.2) is 28.8 Å². The molecule has 2 atom stereocenters. The number of nitrogens with two attached hydrogens (primary N) is 1. The minimum Gasteiger partial charge on any atom is -0.380 e. The summed E-state index contributed by atoms with van der Waals surface area (Å²) in [5, 5.41) is 3.92. The van der Waals surface area contributed by atoms with Crippen LogP contribution in [0.4, 0.5) is 10.3 Å². The largest absolute Gasteiger partial charge is 0.380 e. The molecule has 0 aliphatic carbocycles. The lowest BCUT2D eigenvalue weighted by molar-refractivity contribution is -0.119. The number of anilines is 1. The zero-order valence-electron chi connectivity index (χ0n) is 12.6. The number of hydrogen-bond acceptors (Lipinski definition) is 6. The fourth-order valence-corrected chi connectivity index (χ4v) is 2.67. The number of amides is 1. The minimum atomic E-state index is -0.517. The summed E-state index contributed by atoms with van der Waals surface area (Å²) in [5.74, 6) is -0.0532. The molecule has 7 nitrogen and oxygen atoms in total. The van der Waals surface area contributed by atoms with Gasteiger partial charge in [0.1, 0.15) is 11.9 Å². The van der Waals surface area contributed by atoms with Gasteiger partial charge in [0.15, 0.2) is 0 Å². The molecule has 0 bridgehead atoms.